The van der Waals surface area contributed by atoms with Gasteiger partial charge in [-0.3, -0.25) is 4.79 Å². The summed E-state index contributed by atoms with van der Waals surface area (Å²) in [5.74, 6) is -2.73. The summed E-state index contributed by atoms with van der Waals surface area (Å²) in [6.07, 6.45) is 0.0514. The van der Waals surface area contributed by atoms with Crippen LogP contribution in [0.15, 0.2) is 24.3 Å². The number of aliphatic carboxylic acids is 1. The number of rotatable bonds is 9. The van der Waals surface area contributed by atoms with E-state index in [1.165, 1.54) is 12.1 Å². The number of unbranched alkanes of at least 4 members (excludes halogenated alkanes) is 3. The highest BCUT2D eigenvalue weighted by molar-refractivity contribution is 5.96. The number of hydrogen-bond donors (Lipinski definition) is 1. The van der Waals surface area contributed by atoms with Crippen LogP contribution in [0, 0.1) is 0 Å². The summed E-state index contributed by atoms with van der Waals surface area (Å²) in [5.41, 5.74) is 0.400. The average molecular weight is 300 g/mol. The minimum Gasteiger partial charge on any atom is -0.474 e. The van der Waals surface area contributed by atoms with Gasteiger partial charge in [0.2, 0.25) is 0 Å². The predicted octanol–water partition coefficient (Wildman–Crippen LogP) is 3.90. The van der Waals surface area contributed by atoms with Gasteiger partial charge in [0.1, 0.15) is 5.75 Å². The first kappa shape index (κ1) is 17.1. The van der Waals surface area contributed by atoms with E-state index in [0.717, 1.165) is 37.8 Å². The van der Waals surface area contributed by atoms with Crippen molar-refractivity contribution in [1.29, 1.82) is 0 Å². The van der Waals surface area contributed by atoms with Gasteiger partial charge in [-0.05, 0) is 30.7 Å². The van der Waals surface area contributed by atoms with Gasteiger partial charge in [-0.15, -0.1) is 0 Å². The second-order valence-corrected chi connectivity index (χ2v) is 4.68. The number of hydrogen-bond acceptors (Lipinski definition) is 3. The average Bonchev–Trinajstić information content (AvgIpc) is 2.43. The molecule has 0 aliphatic rings. The molecule has 0 unspecified atom stereocenters. The number of carbonyl (C=O) groups is 2. The zero-order valence-electron chi connectivity index (χ0n) is 11.8. The van der Waals surface area contributed by atoms with E-state index in [0.29, 0.717) is 12.0 Å². The van der Waals surface area contributed by atoms with Gasteiger partial charge in [0, 0.05) is 12.0 Å². The quantitative estimate of drug-likeness (QED) is 0.555. The molecule has 0 fully saturated rings. The summed E-state index contributed by atoms with van der Waals surface area (Å²) in [6, 6.07) is 5.04. The Morgan fingerprint density at radius 2 is 1.76 bits per heavy atom. The number of benzene rings is 1. The highest BCUT2D eigenvalue weighted by atomic mass is 19.3. The number of carboxylic acid groups (broad SMARTS) is 1. The van der Waals surface area contributed by atoms with Crippen LogP contribution in [-0.2, 0) is 4.79 Å². The number of ether oxygens (including phenoxy) is 1. The van der Waals surface area contributed by atoms with Crippen molar-refractivity contribution in [1.82, 2.24) is 0 Å². The summed E-state index contributed by atoms with van der Waals surface area (Å²) < 4.78 is 29.8. The van der Waals surface area contributed by atoms with Crippen LogP contribution in [0.5, 0.6) is 5.75 Å². The second kappa shape index (κ2) is 7.71. The molecule has 1 N–H and O–H groups in total. The molecule has 0 aromatic heterocycles. The highest BCUT2D eigenvalue weighted by Crippen LogP contribution is 2.22. The number of alkyl halides is 2. The third-order valence-electron chi connectivity index (χ3n) is 2.93. The van der Waals surface area contributed by atoms with Gasteiger partial charge in [0.15, 0.2) is 5.78 Å². The van der Waals surface area contributed by atoms with Crippen molar-refractivity contribution in [3.63, 3.8) is 0 Å². The second-order valence-electron chi connectivity index (χ2n) is 4.68. The molecule has 0 aliphatic heterocycles. The van der Waals surface area contributed by atoms with E-state index in [4.69, 9.17) is 5.11 Å². The summed E-state index contributed by atoms with van der Waals surface area (Å²) >= 11 is 0. The van der Waals surface area contributed by atoms with E-state index in [1.54, 1.807) is 0 Å². The molecule has 1 aromatic rings. The molecule has 1 rings (SSSR count). The van der Waals surface area contributed by atoms with E-state index in [1.807, 2.05) is 0 Å². The van der Waals surface area contributed by atoms with Gasteiger partial charge in [-0.1, -0.05) is 26.2 Å². The lowest BCUT2D eigenvalue weighted by Gasteiger charge is -2.13. The largest absolute Gasteiger partial charge is 0.501 e. The van der Waals surface area contributed by atoms with Gasteiger partial charge in [0.25, 0.3) is 0 Å². The Balaban J connectivity index is 2.57. The van der Waals surface area contributed by atoms with Gasteiger partial charge < -0.3 is 9.84 Å². The molecule has 0 radical (unpaired) electrons. The first-order valence-electron chi connectivity index (χ1n) is 6.80. The van der Waals surface area contributed by atoms with Crippen LogP contribution < -0.4 is 4.74 Å². The number of halogens is 2. The van der Waals surface area contributed by atoms with Gasteiger partial charge in [0.05, 0.1) is 0 Å². The first-order valence-corrected chi connectivity index (χ1v) is 6.80. The van der Waals surface area contributed by atoms with Gasteiger partial charge in [-0.2, -0.15) is 8.78 Å². The van der Waals surface area contributed by atoms with Crippen molar-refractivity contribution >= 4 is 11.8 Å². The van der Waals surface area contributed by atoms with Crippen LogP contribution in [-0.4, -0.2) is 23.0 Å². The summed E-state index contributed by atoms with van der Waals surface area (Å²) in [5, 5.41) is 8.26. The minimum absolute atomic E-state index is 0.0670. The molecular weight excluding hydrogens is 282 g/mol. The van der Waals surface area contributed by atoms with E-state index < -0.39 is 12.1 Å². The van der Waals surface area contributed by atoms with Gasteiger partial charge in [-0.25, -0.2) is 4.79 Å². The zero-order valence-corrected chi connectivity index (χ0v) is 11.8. The molecule has 6 heteroatoms. The van der Waals surface area contributed by atoms with E-state index in [9.17, 15) is 18.4 Å². The summed E-state index contributed by atoms with van der Waals surface area (Å²) in [6.45, 7) is 2.08. The van der Waals surface area contributed by atoms with Crippen LogP contribution in [0.1, 0.15) is 49.4 Å². The van der Waals surface area contributed by atoms with Crippen molar-refractivity contribution in [2.45, 2.75) is 45.1 Å². The number of carbonyl (C=O) groups excluding carboxylic acids is 1. The fraction of sp³-hybridized carbons (Fsp3) is 0.467. The lowest BCUT2D eigenvalue weighted by atomic mass is 10.0. The molecule has 0 heterocycles. The molecule has 0 saturated heterocycles. The highest BCUT2D eigenvalue weighted by Gasteiger charge is 2.42. The Morgan fingerprint density at radius 1 is 1.14 bits per heavy atom. The van der Waals surface area contributed by atoms with Crippen LogP contribution in [0.25, 0.3) is 0 Å². The maximum absolute atomic E-state index is 12.8. The maximum atomic E-state index is 12.8. The SMILES string of the molecule is CCCCCCC(=O)c1ccc(OC(F)(F)C(=O)O)cc1. The molecular formula is C15H18F2O4. The fourth-order valence-corrected chi connectivity index (χ4v) is 1.76. The smallest absolute Gasteiger partial charge is 0.474 e. The van der Waals surface area contributed by atoms with Crippen molar-refractivity contribution in [3.8, 4) is 5.75 Å². The molecule has 4 nitrogen and oxygen atoms in total. The molecule has 0 bridgehead atoms. The molecule has 0 aliphatic carbocycles. The Morgan fingerprint density at radius 3 is 2.29 bits per heavy atom. The number of carboxylic acids is 1. The standard InChI is InChI=1S/C15H18F2O4/c1-2-3-4-5-6-13(18)11-7-9-12(10-8-11)21-15(16,17)14(19)20/h7-10H,2-6H2,1H3,(H,19,20). The molecule has 0 amide bonds. The fourth-order valence-electron chi connectivity index (χ4n) is 1.76. The normalized spacial score (nSPS) is 11.2. The third kappa shape index (κ3) is 5.49. The van der Waals surface area contributed by atoms with Crippen molar-refractivity contribution in [3.05, 3.63) is 29.8 Å². The maximum Gasteiger partial charge on any atom is 0.501 e. The molecule has 0 saturated carbocycles. The Bertz CT molecular complexity index is 483. The molecule has 1 aromatic carbocycles. The number of ketones is 1. The minimum atomic E-state index is -4.29. The van der Waals surface area contributed by atoms with E-state index >= 15 is 0 Å². The monoisotopic (exact) mass is 300 g/mol. The van der Waals surface area contributed by atoms with E-state index in [-0.39, 0.29) is 11.5 Å². The predicted molar refractivity (Wildman–Crippen MR) is 72.7 cm³/mol. The van der Waals surface area contributed by atoms with E-state index in [2.05, 4.69) is 11.7 Å². The van der Waals surface area contributed by atoms with Gasteiger partial charge >= 0.3 is 12.1 Å². The van der Waals surface area contributed by atoms with Crippen LogP contribution in [0.3, 0.4) is 0 Å². The lowest BCUT2D eigenvalue weighted by Crippen LogP contribution is -2.34. The third-order valence-corrected chi connectivity index (χ3v) is 2.93. The van der Waals surface area contributed by atoms with Crippen LogP contribution in [0.2, 0.25) is 0 Å². The first-order chi connectivity index (χ1) is 9.86. The lowest BCUT2D eigenvalue weighted by molar-refractivity contribution is -0.210. The van der Waals surface area contributed by atoms with Crippen LogP contribution in [0.4, 0.5) is 8.78 Å². The molecule has 116 valence electrons. The van der Waals surface area contributed by atoms with Crippen molar-refractivity contribution in [2.75, 3.05) is 0 Å². The zero-order chi connectivity index (χ0) is 15.9. The number of Topliss-reactive ketones (excluding diaryl/α,β-unsaturated/α-hetero) is 1. The summed E-state index contributed by atoms with van der Waals surface area (Å²) in [4.78, 5) is 22.1. The summed E-state index contributed by atoms with van der Waals surface area (Å²) in [7, 11) is 0. The van der Waals surface area contributed by atoms with Crippen molar-refractivity contribution < 1.29 is 28.2 Å². The Kier molecular flexibility index (Phi) is 6.27. The Hall–Kier alpha value is -1.98. The molecule has 21 heavy (non-hydrogen) atoms. The topological polar surface area (TPSA) is 63.6 Å². The van der Waals surface area contributed by atoms with Crippen LogP contribution >= 0.6 is 0 Å². The Labute approximate surface area is 121 Å². The molecule has 0 atom stereocenters. The molecule has 0 spiro atoms. The van der Waals surface area contributed by atoms with Crippen molar-refractivity contribution in [2.24, 2.45) is 0 Å².